The molecule has 8 nitrogen and oxygen atoms in total. The van der Waals surface area contributed by atoms with E-state index in [-0.39, 0.29) is 23.9 Å². The number of amides is 1. The summed E-state index contributed by atoms with van der Waals surface area (Å²) >= 11 is 0. The molecule has 0 aromatic heterocycles. The fraction of sp³-hybridized carbons (Fsp3) is 0.783. The fourth-order valence-electron chi connectivity index (χ4n) is 3.84. The predicted molar refractivity (Wildman–Crippen MR) is 123 cm³/mol. The Hall–Kier alpha value is -2.09. The molecule has 0 spiro atoms. The summed E-state index contributed by atoms with van der Waals surface area (Å²) < 4.78 is 11.7. The Morgan fingerprint density at radius 3 is 2.35 bits per heavy atom. The van der Waals surface area contributed by atoms with Crippen molar-refractivity contribution in [1.82, 2.24) is 10.6 Å². The molecule has 0 saturated carbocycles. The quantitative estimate of drug-likeness (QED) is 0.143. The first-order valence-electron chi connectivity index (χ1n) is 11.7. The molecule has 0 fully saturated rings. The minimum atomic E-state index is -0.518. The second kappa shape index (κ2) is 14.8. The van der Waals surface area contributed by atoms with Gasteiger partial charge in [-0.1, -0.05) is 52.9 Å². The van der Waals surface area contributed by atoms with Gasteiger partial charge in [0.15, 0.2) is 5.96 Å². The maximum atomic E-state index is 12.7. The normalized spacial score (nSPS) is 20.8. The zero-order chi connectivity index (χ0) is 23.2. The first-order chi connectivity index (χ1) is 14.8. The Bertz CT molecular complexity index is 604. The van der Waals surface area contributed by atoms with Gasteiger partial charge in [-0.15, -0.1) is 0 Å². The van der Waals surface area contributed by atoms with E-state index in [9.17, 15) is 9.59 Å². The zero-order valence-electron chi connectivity index (χ0n) is 19.7. The molecule has 0 heterocycles. The maximum absolute atomic E-state index is 12.7. The van der Waals surface area contributed by atoms with Crippen molar-refractivity contribution in [2.75, 3.05) is 6.61 Å². The van der Waals surface area contributed by atoms with Crippen molar-refractivity contribution in [3.8, 4) is 0 Å². The molecule has 0 saturated heterocycles. The number of carbonyl (C=O) groups is 2. The Labute approximate surface area is 187 Å². The summed E-state index contributed by atoms with van der Waals surface area (Å²) in [5, 5.41) is 13.4. The Balaban J connectivity index is 2.87. The van der Waals surface area contributed by atoms with E-state index in [1.165, 1.54) is 26.2 Å². The van der Waals surface area contributed by atoms with Crippen molar-refractivity contribution in [3.05, 3.63) is 11.6 Å². The highest BCUT2D eigenvalue weighted by atomic mass is 16.5. The molecule has 178 valence electrons. The molecule has 5 N–H and O–H groups in total. The number of hydrogen-bond donors (Lipinski definition) is 4. The van der Waals surface area contributed by atoms with Gasteiger partial charge >= 0.3 is 5.97 Å². The monoisotopic (exact) mass is 438 g/mol. The third-order valence-corrected chi connectivity index (χ3v) is 5.56. The minimum Gasteiger partial charge on any atom is -0.462 e. The molecule has 31 heavy (non-hydrogen) atoms. The van der Waals surface area contributed by atoms with E-state index in [1.54, 1.807) is 6.08 Å². The van der Waals surface area contributed by atoms with E-state index < -0.39 is 18.2 Å². The molecule has 0 radical (unpaired) electrons. The number of esters is 1. The second-order valence-electron chi connectivity index (χ2n) is 8.23. The predicted octanol–water partition coefficient (Wildman–Crippen LogP) is 3.15. The maximum Gasteiger partial charge on any atom is 0.333 e. The molecule has 0 unspecified atom stereocenters. The fourth-order valence-corrected chi connectivity index (χ4v) is 3.84. The first kappa shape index (κ1) is 26.9. The van der Waals surface area contributed by atoms with Gasteiger partial charge in [-0.05, 0) is 25.3 Å². The summed E-state index contributed by atoms with van der Waals surface area (Å²) in [6, 6.07) is -0.889. The van der Waals surface area contributed by atoms with Gasteiger partial charge in [0.25, 0.3) is 0 Å². The Morgan fingerprint density at radius 1 is 1.13 bits per heavy atom. The van der Waals surface area contributed by atoms with Crippen molar-refractivity contribution in [3.63, 3.8) is 0 Å². The van der Waals surface area contributed by atoms with Gasteiger partial charge in [0.2, 0.25) is 5.91 Å². The van der Waals surface area contributed by atoms with Crippen LogP contribution in [0.4, 0.5) is 0 Å². The molecular weight excluding hydrogens is 396 g/mol. The lowest BCUT2D eigenvalue weighted by Crippen LogP contribution is -2.60. The third-order valence-electron chi connectivity index (χ3n) is 5.56. The van der Waals surface area contributed by atoms with Crippen LogP contribution >= 0.6 is 0 Å². The molecule has 0 aromatic carbocycles. The lowest BCUT2D eigenvalue weighted by Gasteiger charge is -2.38. The van der Waals surface area contributed by atoms with E-state index in [4.69, 9.17) is 20.6 Å². The van der Waals surface area contributed by atoms with Crippen LogP contribution in [0.3, 0.4) is 0 Å². The highest BCUT2D eigenvalue weighted by Crippen LogP contribution is 2.25. The lowest BCUT2D eigenvalue weighted by atomic mass is 9.87. The number of rotatable bonds is 14. The molecule has 0 bridgehead atoms. The van der Waals surface area contributed by atoms with E-state index in [2.05, 4.69) is 17.6 Å². The molecule has 8 heteroatoms. The van der Waals surface area contributed by atoms with Crippen LogP contribution < -0.4 is 16.4 Å². The molecule has 1 amide bonds. The number of nitrogens with two attached hydrogens (primary N) is 1. The average molecular weight is 439 g/mol. The smallest absolute Gasteiger partial charge is 0.333 e. The molecule has 1 rings (SSSR count). The lowest BCUT2D eigenvalue weighted by molar-refractivity contribution is -0.139. The number of hydrogen-bond acceptors (Lipinski definition) is 5. The van der Waals surface area contributed by atoms with E-state index >= 15 is 0 Å². The van der Waals surface area contributed by atoms with Gasteiger partial charge in [0.1, 0.15) is 0 Å². The second-order valence-corrected chi connectivity index (χ2v) is 8.23. The van der Waals surface area contributed by atoms with Crippen molar-refractivity contribution < 1.29 is 19.1 Å². The van der Waals surface area contributed by atoms with Crippen molar-refractivity contribution in [1.29, 1.82) is 5.41 Å². The van der Waals surface area contributed by atoms with Crippen molar-refractivity contribution in [2.45, 2.75) is 110 Å². The molecule has 1 aliphatic rings. The summed E-state index contributed by atoms with van der Waals surface area (Å²) in [6.45, 7) is 8.09. The highest BCUT2D eigenvalue weighted by Gasteiger charge is 2.38. The highest BCUT2D eigenvalue weighted by molar-refractivity contribution is 5.89. The van der Waals surface area contributed by atoms with Crippen LogP contribution in [0, 0.1) is 5.41 Å². The molecule has 1 aliphatic carbocycles. The van der Waals surface area contributed by atoms with Crippen LogP contribution in [0.2, 0.25) is 0 Å². The van der Waals surface area contributed by atoms with Crippen LogP contribution in [0.5, 0.6) is 0 Å². The van der Waals surface area contributed by atoms with Gasteiger partial charge in [-0.2, -0.15) is 0 Å². The van der Waals surface area contributed by atoms with Gasteiger partial charge in [-0.25, -0.2) is 4.79 Å². The van der Waals surface area contributed by atoms with Gasteiger partial charge in [-0.3, -0.25) is 10.2 Å². The number of ether oxygens (including phenoxy) is 2. The first-order valence-corrected chi connectivity index (χ1v) is 11.7. The molecule has 0 aliphatic heterocycles. The van der Waals surface area contributed by atoms with Crippen LogP contribution in [-0.4, -0.2) is 48.7 Å². The van der Waals surface area contributed by atoms with Crippen LogP contribution in [-0.2, 0) is 19.1 Å². The summed E-state index contributed by atoms with van der Waals surface area (Å²) in [6.07, 6.45) is 9.88. The summed E-state index contributed by atoms with van der Waals surface area (Å²) in [7, 11) is 0. The van der Waals surface area contributed by atoms with Crippen molar-refractivity contribution >= 4 is 17.8 Å². The molecule has 0 aromatic rings. The van der Waals surface area contributed by atoms with E-state index in [1.807, 2.05) is 13.8 Å². The summed E-state index contributed by atoms with van der Waals surface area (Å²) in [5.41, 5.74) is 6.06. The average Bonchev–Trinajstić information content (AvgIpc) is 2.72. The molecular formula is C23H42N4O4. The largest absolute Gasteiger partial charge is 0.462 e. The standard InChI is InChI=1S/C23H42N4O4/c1-5-8-9-10-11-12-13-30-22(29)17-14-19(27-23(24)25)21(26-16(4)28)20(15-17)31-18(6-2)7-3/h15,18-21H,5-14H2,1-4H3,(H,26,28)(H4,24,25,27)/t19-,20+,21+/m0/s1. The molecule has 3 atom stereocenters. The van der Waals surface area contributed by atoms with E-state index in [0.29, 0.717) is 18.6 Å². The zero-order valence-corrected chi connectivity index (χ0v) is 19.7. The number of nitrogens with one attached hydrogen (secondary N) is 3. The SMILES string of the molecule is CCCCCCCCOC(=O)C1=C[C@@H](OC(CC)CC)[C@H](NC(C)=O)[C@@H](NC(=N)N)C1. The minimum absolute atomic E-state index is 0.00558. The number of guanidine groups is 1. The third kappa shape index (κ3) is 10.2. The summed E-state index contributed by atoms with van der Waals surface area (Å²) in [4.78, 5) is 24.5. The number of unbranched alkanes of at least 4 members (excludes halogenated alkanes) is 5. The van der Waals surface area contributed by atoms with Gasteiger partial charge in [0, 0.05) is 18.9 Å². The topological polar surface area (TPSA) is 127 Å². The van der Waals surface area contributed by atoms with E-state index in [0.717, 1.165) is 32.1 Å². The van der Waals surface area contributed by atoms with Crippen molar-refractivity contribution in [2.24, 2.45) is 5.73 Å². The number of carbonyl (C=O) groups excluding carboxylic acids is 2. The summed E-state index contributed by atoms with van der Waals surface area (Å²) in [5.74, 6) is -0.798. The van der Waals surface area contributed by atoms with Crippen LogP contribution in [0.1, 0.15) is 85.5 Å². The van der Waals surface area contributed by atoms with Crippen LogP contribution in [0.15, 0.2) is 11.6 Å². The Morgan fingerprint density at radius 2 is 1.77 bits per heavy atom. The Kier molecular flexibility index (Phi) is 12.9. The van der Waals surface area contributed by atoms with Gasteiger partial charge in [0.05, 0.1) is 30.9 Å². The van der Waals surface area contributed by atoms with Gasteiger partial charge < -0.3 is 25.8 Å². The van der Waals surface area contributed by atoms with Crippen LogP contribution in [0.25, 0.3) is 0 Å².